The van der Waals surface area contributed by atoms with Crippen LogP contribution in [0.4, 0.5) is 0 Å². The van der Waals surface area contributed by atoms with E-state index in [1.54, 1.807) is 0 Å². The lowest BCUT2D eigenvalue weighted by atomic mass is 10.0. The topological polar surface area (TPSA) is 43.8 Å². The summed E-state index contributed by atoms with van der Waals surface area (Å²) in [5.74, 6) is 1.21. The predicted molar refractivity (Wildman–Crippen MR) is 52.7 cm³/mol. The fourth-order valence-corrected chi connectivity index (χ4v) is 2.14. The Bertz CT molecular complexity index is 327. The van der Waals surface area contributed by atoms with Crippen molar-refractivity contribution in [3.8, 4) is 0 Å². The Morgan fingerprint density at radius 2 is 2.15 bits per heavy atom. The van der Waals surface area contributed by atoms with Gasteiger partial charge in [-0.25, -0.2) is 4.98 Å². The highest BCUT2D eigenvalue weighted by molar-refractivity contribution is 5.18. The van der Waals surface area contributed by atoms with E-state index in [-0.39, 0.29) is 0 Å². The molecule has 2 atom stereocenters. The highest BCUT2D eigenvalue weighted by atomic mass is 15.1. The first-order valence-corrected chi connectivity index (χ1v) is 4.91. The largest absolute Gasteiger partial charge is 0.328 e. The minimum absolute atomic E-state index is 0.291. The average Bonchev–Trinajstić information content (AvgIpc) is 2.37. The van der Waals surface area contributed by atoms with E-state index in [9.17, 15) is 0 Å². The number of aromatic nitrogens is 2. The Morgan fingerprint density at radius 3 is 2.85 bits per heavy atom. The van der Waals surface area contributed by atoms with Crippen LogP contribution in [-0.2, 0) is 6.42 Å². The Kier molecular flexibility index (Phi) is 1.91. The van der Waals surface area contributed by atoms with E-state index in [0.29, 0.717) is 12.1 Å². The van der Waals surface area contributed by atoms with E-state index < -0.39 is 0 Å². The van der Waals surface area contributed by atoms with E-state index >= 15 is 0 Å². The molecule has 0 aliphatic carbocycles. The molecule has 1 aromatic heterocycles. The van der Waals surface area contributed by atoms with Crippen molar-refractivity contribution in [1.82, 2.24) is 9.55 Å². The third-order valence-corrected chi connectivity index (χ3v) is 3.19. The molecular weight excluding hydrogens is 162 g/mol. The lowest BCUT2D eigenvalue weighted by Gasteiger charge is -2.29. The summed E-state index contributed by atoms with van der Waals surface area (Å²) in [6.07, 6.45) is 2.09. The maximum Gasteiger partial charge on any atom is 0.109 e. The summed E-state index contributed by atoms with van der Waals surface area (Å²) in [7, 11) is 0. The van der Waals surface area contributed by atoms with Gasteiger partial charge in [-0.15, -0.1) is 0 Å². The minimum atomic E-state index is 0.291. The van der Waals surface area contributed by atoms with Gasteiger partial charge in [-0.3, -0.25) is 0 Å². The van der Waals surface area contributed by atoms with Gasteiger partial charge in [0.25, 0.3) is 0 Å². The van der Waals surface area contributed by atoms with Crippen LogP contribution >= 0.6 is 0 Å². The maximum atomic E-state index is 6.02. The summed E-state index contributed by atoms with van der Waals surface area (Å²) in [5.41, 5.74) is 8.45. The second-order valence-electron chi connectivity index (χ2n) is 4.01. The zero-order valence-electron chi connectivity index (χ0n) is 8.54. The van der Waals surface area contributed by atoms with Gasteiger partial charge in [0.15, 0.2) is 0 Å². The Hall–Kier alpha value is -0.830. The summed E-state index contributed by atoms with van der Waals surface area (Å²) in [5, 5.41) is 0. The molecule has 2 heterocycles. The van der Waals surface area contributed by atoms with Gasteiger partial charge in [0, 0.05) is 24.2 Å². The highest BCUT2D eigenvalue weighted by Gasteiger charge is 2.25. The molecule has 1 aliphatic rings. The molecular formula is C10H17N3. The molecule has 0 fully saturated rings. The van der Waals surface area contributed by atoms with E-state index in [4.69, 9.17) is 5.73 Å². The van der Waals surface area contributed by atoms with Crippen molar-refractivity contribution < 1.29 is 0 Å². The molecule has 0 amide bonds. The zero-order valence-corrected chi connectivity index (χ0v) is 8.54. The van der Waals surface area contributed by atoms with Crippen LogP contribution < -0.4 is 5.73 Å². The Balaban J connectivity index is 2.51. The molecule has 3 nitrogen and oxygen atoms in total. The van der Waals surface area contributed by atoms with Crippen LogP contribution in [0.3, 0.4) is 0 Å². The summed E-state index contributed by atoms with van der Waals surface area (Å²) in [6, 6.07) is 0.699. The van der Waals surface area contributed by atoms with Gasteiger partial charge in [0.1, 0.15) is 5.82 Å². The number of nitrogens with two attached hydrogens (primary N) is 1. The van der Waals surface area contributed by atoms with Gasteiger partial charge < -0.3 is 10.3 Å². The molecule has 1 aliphatic heterocycles. The number of nitrogens with zero attached hydrogens (tertiary/aromatic N) is 2. The number of rotatable bonds is 0. The van der Waals surface area contributed by atoms with Gasteiger partial charge in [-0.2, -0.15) is 0 Å². The van der Waals surface area contributed by atoms with Crippen molar-refractivity contribution in [2.24, 2.45) is 5.73 Å². The molecule has 0 saturated heterocycles. The smallest absolute Gasteiger partial charge is 0.109 e. The van der Waals surface area contributed by atoms with Crippen LogP contribution in [0.5, 0.6) is 0 Å². The van der Waals surface area contributed by atoms with Crippen molar-refractivity contribution in [3.05, 3.63) is 17.2 Å². The van der Waals surface area contributed by atoms with Crippen LogP contribution in [0, 0.1) is 13.8 Å². The fourth-order valence-electron chi connectivity index (χ4n) is 2.14. The first kappa shape index (κ1) is 8.75. The molecule has 2 rings (SSSR count). The summed E-state index contributed by atoms with van der Waals surface area (Å²) >= 11 is 0. The third kappa shape index (κ3) is 1.18. The first-order chi connectivity index (χ1) is 6.11. The van der Waals surface area contributed by atoms with Crippen LogP contribution in [0.25, 0.3) is 0 Å². The molecule has 2 N–H and O–H groups in total. The molecule has 0 spiro atoms. The normalized spacial score (nSPS) is 27.4. The lowest BCUT2D eigenvalue weighted by molar-refractivity contribution is 0.362. The van der Waals surface area contributed by atoms with Crippen molar-refractivity contribution in [2.45, 2.75) is 45.7 Å². The van der Waals surface area contributed by atoms with E-state index in [0.717, 1.165) is 18.5 Å². The Labute approximate surface area is 79.0 Å². The molecule has 0 aromatic carbocycles. The molecule has 0 saturated carbocycles. The van der Waals surface area contributed by atoms with Gasteiger partial charge in [-0.1, -0.05) is 0 Å². The minimum Gasteiger partial charge on any atom is -0.328 e. The molecule has 0 radical (unpaired) electrons. The highest BCUT2D eigenvalue weighted by Crippen LogP contribution is 2.26. The first-order valence-electron chi connectivity index (χ1n) is 4.91. The monoisotopic (exact) mass is 179 g/mol. The summed E-state index contributed by atoms with van der Waals surface area (Å²) in [4.78, 5) is 4.54. The van der Waals surface area contributed by atoms with Gasteiger partial charge in [0.2, 0.25) is 0 Å². The van der Waals surface area contributed by atoms with Crippen LogP contribution in [0.15, 0.2) is 0 Å². The van der Waals surface area contributed by atoms with E-state index in [2.05, 4.69) is 30.3 Å². The molecule has 13 heavy (non-hydrogen) atoms. The quantitative estimate of drug-likeness (QED) is 0.653. The summed E-state index contributed by atoms with van der Waals surface area (Å²) in [6.45, 7) is 6.38. The van der Waals surface area contributed by atoms with Crippen LogP contribution in [0.1, 0.15) is 36.6 Å². The molecule has 72 valence electrons. The second-order valence-corrected chi connectivity index (χ2v) is 4.01. The van der Waals surface area contributed by atoms with Crippen molar-refractivity contribution >= 4 is 0 Å². The lowest BCUT2D eigenvalue weighted by Crippen LogP contribution is -2.36. The molecule has 2 unspecified atom stereocenters. The van der Waals surface area contributed by atoms with E-state index in [1.165, 1.54) is 11.5 Å². The molecule has 1 aromatic rings. The van der Waals surface area contributed by atoms with E-state index in [1.807, 2.05) is 0 Å². The predicted octanol–water partition coefficient (Wildman–Crippen LogP) is 1.33. The molecule has 3 heteroatoms. The third-order valence-electron chi connectivity index (χ3n) is 3.19. The van der Waals surface area contributed by atoms with Gasteiger partial charge >= 0.3 is 0 Å². The van der Waals surface area contributed by atoms with Gasteiger partial charge in [0.05, 0.1) is 5.69 Å². The number of hydrogen-bond acceptors (Lipinski definition) is 2. The molecule has 0 bridgehead atoms. The van der Waals surface area contributed by atoms with Gasteiger partial charge in [-0.05, 0) is 27.2 Å². The number of imidazole rings is 1. The average molecular weight is 179 g/mol. The van der Waals surface area contributed by atoms with Crippen LogP contribution in [0.2, 0.25) is 0 Å². The standard InChI is InChI=1S/C10H17N3/c1-6-7(2)13-8(3)9(11)4-5-10(13)12-6/h8-9H,4-5,11H2,1-3H3. The van der Waals surface area contributed by atoms with Crippen molar-refractivity contribution in [1.29, 1.82) is 0 Å². The maximum absolute atomic E-state index is 6.02. The van der Waals surface area contributed by atoms with Crippen molar-refractivity contribution in [2.75, 3.05) is 0 Å². The fraction of sp³-hybridized carbons (Fsp3) is 0.700. The second kappa shape index (κ2) is 2.84. The van der Waals surface area contributed by atoms with Crippen molar-refractivity contribution in [3.63, 3.8) is 0 Å². The number of hydrogen-bond donors (Lipinski definition) is 1. The number of aryl methyl sites for hydroxylation is 2. The summed E-state index contributed by atoms with van der Waals surface area (Å²) < 4.78 is 2.30. The Morgan fingerprint density at radius 1 is 1.46 bits per heavy atom. The number of fused-ring (bicyclic) bond motifs is 1. The van der Waals surface area contributed by atoms with Crippen LogP contribution in [-0.4, -0.2) is 15.6 Å². The zero-order chi connectivity index (χ0) is 9.59. The SMILES string of the molecule is Cc1nc2n(c1C)C(C)C(N)CC2.